The molecule has 0 bridgehead atoms. The van der Waals surface area contributed by atoms with Gasteiger partial charge in [0.2, 0.25) is 0 Å². The zero-order valence-electron chi connectivity index (χ0n) is 11.1. The van der Waals surface area contributed by atoms with Gasteiger partial charge in [-0.25, -0.2) is 0 Å². The molecule has 2 nitrogen and oxygen atoms in total. The molecule has 0 unspecified atom stereocenters. The van der Waals surface area contributed by atoms with Crippen LogP contribution in [0.1, 0.15) is 46.5 Å². The minimum atomic E-state index is 0.0563. The van der Waals surface area contributed by atoms with E-state index in [1.165, 1.54) is 19.3 Å². The lowest BCUT2D eigenvalue weighted by Crippen LogP contribution is -2.49. The topological polar surface area (TPSA) is 26.3 Å². The van der Waals surface area contributed by atoms with Gasteiger partial charge in [0.25, 0.3) is 0 Å². The highest BCUT2D eigenvalue weighted by atomic mass is 16.5. The molecule has 0 aromatic carbocycles. The fourth-order valence-corrected chi connectivity index (χ4v) is 4.68. The number of carbonyl (C=O) groups excluding carboxylic acids is 1. The van der Waals surface area contributed by atoms with Crippen LogP contribution in [0.15, 0.2) is 11.8 Å². The van der Waals surface area contributed by atoms with Gasteiger partial charge < -0.3 is 4.74 Å². The Morgan fingerprint density at radius 2 is 2.06 bits per heavy atom. The predicted octanol–water partition coefficient (Wildman–Crippen LogP) is 3.32. The Balaban J connectivity index is 2.05. The van der Waals surface area contributed by atoms with Crippen LogP contribution in [0, 0.1) is 22.7 Å². The number of carbonyl (C=O) groups is 1. The van der Waals surface area contributed by atoms with Crippen molar-refractivity contribution in [3.63, 3.8) is 0 Å². The van der Waals surface area contributed by atoms with Gasteiger partial charge in [0, 0.05) is 0 Å². The number of ether oxygens (including phenoxy) is 1. The summed E-state index contributed by atoms with van der Waals surface area (Å²) in [5, 5.41) is 0. The average Bonchev–Trinajstić information content (AvgIpc) is 2.60. The zero-order chi connectivity index (χ0) is 12.3. The summed E-state index contributed by atoms with van der Waals surface area (Å²) in [7, 11) is 0. The summed E-state index contributed by atoms with van der Waals surface area (Å²) in [6, 6.07) is 0. The van der Waals surface area contributed by atoms with Crippen molar-refractivity contribution in [2.45, 2.75) is 46.5 Å². The SMILES string of the molecule is CC1(C)CCC[C@]2(C)[C@H]3C(=O)COC3=CC[C@@H]12. The smallest absolute Gasteiger partial charge is 0.181 e. The van der Waals surface area contributed by atoms with Crippen LogP contribution in [0.4, 0.5) is 0 Å². The molecule has 0 amide bonds. The second-order valence-electron chi connectivity index (χ2n) is 6.93. The largest absolute Gasteiger partial charge is 0.490 e. The minimum absolute atomic E-state index is 0.0563. The minimum Gasteiger partial charge on any atom is -0.490 e. The third-order valence-corrected chi connectivity index (χ3v) is 5.48. The lowest BCUT2D eigenvalue weighted by Gasteiger charge is -2.54. The lowest BCUT2D eigenvalue weighted by atomic mass is 9.49. The molecule has 1 heterocycles. The van der Waals surface area contributed by atoms with Crippen LogP contribution in [-0.2, 0) is 9.53 Å². The van der Waals surface area contributed by atoms with Crippen LogP contribution >= 0.6 is 0 Å². The molecule has 3 aliphatic rings. The van der Waals surface area contributed by atoms with E-state index in [1.807, 2.05) is 0 Å². The molecule has 1 saturated heterocycles. The number of fused-ring (bicyclic) bond motifs is 3. The van der Waals surface area contributed by atoms with Gasteiger partial charge in [-0.05, 0) is 42.1 Å². The Bertz CT molecular complexity index is 394. The fourth-order valence-electron chi connectivity index (χ4n) is 4.68. The number of allylic oxidation sites excluding steroid dienone is 2. The van der Waals surface area contributed by atoms with Gasteiger partial charge in [-0.1, -0.05) is 27.2 Å². The number of Topliss-reactive ketones (excluding diaryl/α,β-unsaturated/α-hetero) is 1. The highest BCUT2D eigenvalue weighted by Crippen LogP contribution is 2.60. The van der Waals surface area contributed by atoms with Gasteiger partial charge >= 0.3 is 0 Å². The van der Waals surface area contributed by atoms with Gasteiger partial charge in [0.15, 0.2) is 5.78 Å². The van der Waals surface area contributed by atoms with Crippen molar-refractivity contribution >= 4 is 5.78 Å². The Kier molecular flexibility index (Phi) is 2.24. The van der Waals surface area contributed by atoms with Crippen molar-refractivity contribution in [1.29, 1.82) is 0 Å². The van der Waals surface area contributed by atoms with Gasteiger partial charge in [-0.15, -0.1) is 0 Å². The molecule has 2 fully saturated rings. The average molecular weight is 234 g/mol. The van der Waals surface area contributed by atoms with E-state index in [9.17, 15) is 4.79 Å². The molecule has 17 heavy (non-hydrogen) atoms. The van der Waals surface area contributed by atoms with Crippen LogP contribution in [-0.4, -0.2) is 12.4 Å². The summed E-state index contributed by atoms with van der Waals surface area (Å²) < 4.78 is 5.56. The second kappa shape index (κ2) is 3.37. The molecular weight excluding hydrogens is 212 g/mol. The van der Waals surface area contributed by atoms with E-state index in [0.29, 0.717) is 23.7 Å². The molecule has 0 aromatic heterocycles. The standard InChI is InChI=1S/C15H22O2/c1-14(2)7-4-8-15(3)12(14)6-5-11-13(15)10(16)9-17-11/h5,12-13H,4,6-9H2,1-3H3/t12-,13-,15-/m0/s1. The molecule has 1 saturated carbocycles. The normalized spacial score (nSPS) is 43.5. The van der Waals surface area contributed by atoms with E-state index >= 15 is 0 Å². The van der Waals surface area contributed by atoms with E-state index in [1.54, 1.807) is 0 Å². The number of hydrogen-bond donors (Lipinski definition) is 0. The zero-order valence-corrected chi connectivity index (χ0v) is 11.1. The molecule has 1 aliphatic heterocycles. The third-order valence-electron chi connectivity index (χ3n) is 5.48. The van der Waals surface area contributed by atoms with Crippen LogP contribution in [0.3, 0.4) is 0 Å². The lowest BCUT2D eigenvalue weighted by molar-refractivity contribution is -0.128. The molecule has 3 atom stereocenters. The van der Waals surface area contributed by atoms with Crippen molar-refractivity contribution in [3.05, 3.63) is 11.8 Å². The van der Waals surface area contributed by atoms with E-state index in [4.69, 9.17) is 4.74 Å². The van der Waals surface area contributed by atoms with Gasteiger partial charge in [0.1, 0.15) is 12.4 Å². The van der Waals surface area contributed by atoms with E-state index in [2.05, 4.69) is 26.8 Å². The number of rotatable bonds is 0. The molecule has 94 valence electrons. The molecule has 2 heteroatoms. The summed E-state index contributed by atoms with van der Waals surface area (Å²) in [5.74, 6) is 1.97. The first-order valence-corrected chi connectivity index (χ1v) is 6.81. The Hall–Kier alpha value is -0.790. The third kappa shape index (κ3) is 1.42. The molecule has 2 aliphatic carbocycles. The maximum absolute atomic E-state index is 12.1. The Morgan fingerprint density at radius 3 is 2.82 bits per heavy atom. The summed E-state index contributed by atoms with van der Waals surface area (Å²) in [4.78, 5) is 12.1. The first-order chi connectivity index (χ1) is 7.95. The highest BCUT2D eigenvalue weighted by Gasteiger charge is 2.57. The van der Waals surface area contributed by atoms with Crippen LogP contribution in [0.2, 0.25) is 0 Å². The molecule has 3 rings (SSSR count). The maximum atomic E-state index is 12.1. The van der Waals surface area contributed by atoms with Crippen molar-refractivity contribution in [2.75, 3.05) is 6.61 Å². The van der Waals surface area contributed by atoms with Crippen molar-refractivity contribution in [2.24, 2.45) is 22.7 Å². The van der Waals surface area contributed by atoms with Gasteiger partial charge in [-0.2, -0.15) is 0 Å². The van der Waals surface area contributed by atoms with Crippen molar-refractivity contribution in [1.82, 2.24) is 0 Å². The van der Waals surface area contributed by atoms with Crippen LogP contribution in [0.25, 0.3) is 0 Å². The number of hydrogen-bond acceptors (Lipinski definition) is 2. The van der Waals surface area contributed by atoms with Crippen molar-refractivity contribution < 1.29 is 9.53 Å². The summed E-state index contributed by atoms with van der Waals surface area (Å²) >= 11 is 0. The van der Waals surface area contributed by atoms with Crippen LogP contribution in [0.5, 0.6) is 0 Å². The van der Waals surface area contributed by atoms with Gasteiger partial charge in [0.05, 0.1) is 5.92 Å². The molecule has 0 aromatic rings. The first-order valence-electron chi connectivity index (χ1n) is 6.81. The van der Waals surface area contributed by atoms with E-state index in [-0.39, 0.29) is 11.3 Å². The molecule has 0 spiro atoms. The van der Waals surface area contributed by atoms with Gasteiger partial charge in [-0.3, -0.25) is 4.79 Å². The quantitative estimate of drug-likeness (QED) is 0.642. The predicted molar refractivity (Wildman–Crippen MR) is 66.4 cm³/mol. The van der Waals surface area contributed by atoms with E-state index in [0.717, 1.165) is 12.2 Å². The van der Waals surface area contributed by atoms with Crippen molar-refractivity contribution in [3.8, 4) is 0 Å². The second-order valence-corrected chi connectivity index (χ2v) is 6.93. The molecule has 0 radical (unpaired) electrons. The highest BCUT2D eigenvalue weighted by molar-refractivity contribution is 5.88. The Morgan fingerprint density at radius 1 is 1.29 bits per heavy atom. The summed E-state index contributed by atoms with van der Waals surface area (Å²) in [6.45, 7) is 7.37. The fraction of sp³-hybridized carbons (Fsp3) is 0.800. The monoisotopic (exact) mass is 234 g/mol. The number of ketones is 1. The Labute approximate surface area is 103 Å². The van der Waals surface area contributed by atoms with E-state index < -0.39 is 0 Å². The summed E-state index contributed by atoms with van der Waals surface area (Å²) in [5.41, 5.74) is 0.497. The molecular formula is C15H22O2. The molecule has 0 N–H and O–H groups in total. The maximum Gasteiger partial charge on any atom is 0.181 e. The summed E-state index contributed by atoms with van der Waals surface area (Å²) in [6.07, 6.45) is 6.99. The first kappa shape index (κ1) is 11.3. The van der Waals surface area contributed by atoms with Crippen LogP contribution < -0.4 is 0 Å².